The highest BCUT2D eigenvalue weighted by Crippen LogP contribution is 2.68. The van der Waals surface area contributed by atoms with Crippen LogP contribution in [0.3, 0.4) is 0 Å². The highest BCUT2D eigenvalue weighted by atomic mass is 35.5. The molecule has 8 nitrogen and oxygen atoms in total. The van der Waals surface area contributed by atoms with E-state index in [1.54, 1.807) is 11.1 Å². The Morgan fingerprint density at radius 2 is 1.07 bits per heavy atom. The van der Waals surface area contributed by atoms with Gasteiger partial charge in [-0.25, -0.2) is 0 Å². The molecule has 10 aliphatic rings. The summed E-state index contributed by atoms with van der Waals surface area (Å²) in [6.07, 6.45) is 36.4. The van der Waals surface area contributed by atoms with Gasteiger partial charge in [-0.05, 0) is 223 Å². The summed E-state index contributed by atoms with van der Waals surface area (Å²) in [5, 5.41) is 10.5. The smallest absolute Gasteiger partial charge is 0.177 e. The maximum Gasteiger partial charge on any atom is 0.177 e. The monoisotopic (exact) mass is 1130 g/mol. The van der Waals surface area contributed by atoms with E-state index in [1.165, 1.54) is 77.0 Å². The molecule has 436 valence electrons. The van der Waals surface area contributed by atoms with Crippen molar-refractivity contribution in [3.8, 4) is 11.5 Å². The molecule has 2 heterocycles. The first-order valence-corrected chi connectivity index (χ1v) is 32.5. The van der Waals surface area contributed by atoms with Crippen molar-refractivity contribution in [2.75, 3.05) is 0 Å². The molecule has 6 fully saturated rings. The molecule has 0 radical (unpaired) electrons. The summed E-state index contributed by atoms with van der Waals surface area (Å²) >= 11 is 12.5. The van der Waals surface area contributed by atoms with Gasteiger partial charge in [0.25, 0.3) is 0 Å². The Bertz CT molecular complexity index is 2720. The van der Waals surface area contributed by atoms with Gasteiger partial charge in [0.2, 0.25) is 0 Å². The summed E-state index contributed by atoms with van der Waals surface area (Å²) < 4.78 is 25.7. The minimum atomic E-state index is -0.190. The lowest BCUT2D eigenvalue weighted by atomic mass is 9.47. The van der Waals surface area contributed by atoms with Crippen LogP contribution in [0.25, 0.3) is 0 Å². The van der Waals surface area contributed by atoms with Gasteiger partial charge in [0.1, 0.15) is 0 Å². The van der Waals surface area contributed by atoms with Crippen LogP contribution < -0.4 is 9.68 Å². The average molecular weight is 1130 g/mol. The Morgan fingerprint density at radius 1 is 0.575 bits per heavy atom. The second-order valence-corrected chi connectivity index (χ2v) is 28.6. The topological polar surface area (TPSA) is 80.1 Å². The van der Waals surface area contributed by atoms with Gasteiger partial charge in [-0.15, -0.1) is 0 Å². The molecule has 8 aliphatic carbocycles. The minimum Gasteiger partial charge on any atom is -0.357 e. The molecule has 20 atom stereocenters. The molecule has 0 bridgehead atoms. The van der Waals surface area contributed by atoms with Gasteiger partial charge < -0.3 is 28.6 Å². The fraction of sp³-hybridized carbons (Fsp3) is 0.686. The van der Waals surface area contributed by atoms with Crippen LogP contribution in [0.4, 0.5) is 0 Å². The van der Waals surface area contributed by atoms with E-state index in [-0.39, 0.29) is 42.4 Å². The minimum absolute atomic E-state index is 0.189. The molecule has 2 aliphatic heterocycles. The van der Waals surface area contributed by atoms with Crippen LogP contribution in [0.15, 0.2) is 106 Å². The second kappa shape index (κ2) is 24.0. The summed E-state index contributed by atoms with van der Waals surface area (Å²) in [6, 6.07) is 15.1. The molecule has 0 N–H and O–H groups in total. The zero-order valence-electron chi connectivity index (χ0n) is 50.1. The number of halogens is 2. The first kappa shape index (κ1) is 58.5. The molecule has 2 aromatic rings. The molecular formula is C70H96Cl2N2O6. The number of benzene rings is 2. The molecule has 0 aromatic heterocycles. The van der Waals surface area contributed by atoms with Crippen molar-refractivity contribution in [3.63, 3.8) is 0 Å². The lowest BCUT2D eigenvalue weighted by Crippen LogP contribution is -2.51. The number of fused-ring (bicyclic) bond motifs is 10. The van der Waals surface area contributed by atoms with Gasteiger partial charge in [0.05, 0.1) is 40.9 Å². The highest BCUT2D eigenvalue weighted by Gasteiger charge is 2.61. The average Bonchev–Trinajstić information content (AvgIpc) is 2.86. The number of nitrogens with zero attached hydrogens (tertiary/aromatic N) is 2. The quantitative estimate of drug-likeness (QED) is 0.120. The van der Waals surface area contributed by atoms with E-state index in [1.807, 2.05) is 48.5 Å². The van der Waals surface area contributed by atoms with E-state index in [2.05, 4.69) is 116 Å². The number of hydrogen-bond acceptors (Lipinski definition) is 8. The molecule has 12 rings (SSSR count). The molecule has 80 heavy (non-hydrogen) atoms. The lowest BCUT2D eigenvalue weighted by Gasteiger charge is -2.58. The molecular weight excluding hydrogens is 1040 g/mol. The van der Waals surface area contributed by atoms with Crippen molar-refractivity contribution in [2.45, 2.75) is 222 Å². The van der Waals surface area contributed by atoms with Crippen LogP contribution >= 0.6 is 23.2 Å². The van der Waals surface area contributed by atoms with Crippen molar-refractivity contribution < 1.29 is 28.6 Å². The van der Waals surface area contributed by atoms with Gasteiger partial charge in [-0.2, -0.15) is 0 Å². The molecule has 0 saturated heterocycles. The van der Waals surface area contributed by atoms with Gasteiger partial charge >= 0.3 is 0 Å². The standard InChI is InChI=1S/2C35H48ClNO3/c1-6-32-22(2)10-15-33(39-32)38-26-16-18-34(4)24(20-26)11-12-28-30-14-13-29(35(30,5)19-17-31(28)34)23(3)37-40-27-9-7-8-25(36)21-27;1-6-31-22(2)11-16-33(39-31)38-25-17-19-34(4)24(21-25)12-13-26-28-15-14-27(35(28,5)20-18-29(26)34)23(3)37-40-32-10-8-7-9-30(32)36/h7-11,15,21-22,26,28-33H,6,12-14,16-20H2,1-5H3;7-12,16,22,25-29,31,33H,6,13-15,17-21H2,1-5H3/b2*37-23+/t22-,26?,28?,29+,30?,31?,32+,33?,34-,35+;22-,25?,26?,27+,28?,29?,31+,33?,34-,35+/m00/s1. The Morgan fingerprint density at radius 3 is 1.56 bits per heavy atom. The number of para-hydroxylation sites is 1. The first-order chi connectivity index (χ1) is 38.4. The number of allylic oxidation sites excluding steroid dienone is 2. The van der Waals surface area contributed by atoms with E-state index in [9.17, 15) is 0 Å². The number of hydrogen-bond donors (Lipinski definition) is 0. The summed E-state index contributed by atoms with van der Waals surface area (Å²) in [5.41, 5.74) is 6.79. The third-order valence-electron chi connectivity index (χ3n) is 23.7. The normalized spacial score (nSPS) is 43.0. The van der Waals surface area contributed by atoms with Gasteiger partial charge in [-0.1, -0.05) is 143 Å². The molecule has 0 spiro atoms. The van der Waals surface area contributed by atoms with E-state index >= 15 is 0 Å². The number of ether oxygens (including phenoxy) is 4. The third-order valence-corrected chi connectivity index (χ3v) is 24.3. The number of oxime groups is 2. The summed E-state index contributed by atoms with van der Waals surface area (Å²) in [6.45, 7) is 23.5. The summed E-state index contributed by atoms with van der Waals surface area (Å²) in [7, 11) is 0. The molecule has 10 unspecified atom stereocenters. The van der Waals surface area contributed by atoms with Crippen molar-refractivity contribution in [1.82, 2.24) is 0 Å². The Labute approximate surface area is 491 Å². The molecule has 2 aromatic carbocycles. The van der Waals surface area contributed by atoms with Crippen LogP contribution in [-0.4, -0.2) is 48.4 Å². The zero-order valence-corrected chi connectivity index (χ0v) is 51.7. The fourth-order valence-corrected chi connectivity index (χ4v) is 19.6. The van der Waals surface area contributed by atoms with Gasteiger partial charge in [0, 0.05) is 34.8 Å². The van der Waals surface area contributed by atoms with Crippen molar-refractivity contribution in [3.05, 3.63) is 106 Å². The molecule has 10 heteroatoms. The van der Waals surface area contributed by atoms with Crippen molar-refractivity contribution in [1.29, 1.82) is 0 Å². The largest absolute Gasteiger partial charge is 0.357 e. The predicted molar refractivity (Wildman–Crippen MR) is 325 cm³/mol. The maximum absolute atomic E-state index is 6.55. The third kappa shape index (κ3) is 11.3. The van der Waals surface area contributed by atoms with Gasteiger partial charge in [0.15, 0.2) is 24.1 Å². The first-order valence-electron chi connectivity index (χ1n) is 31.7. The summed E-state index contributed by atoms with van der Waals surface area (Å²) in [4.78, 5) is 11.7. The van der Waals surface area contributed by atoms with Crippen LogP contribution in [-0.2, 0) is 18.9 Å². The van der Waals surface area contributed by atoms with Crippen molar-refractivity contribution >= 4 is 34.6 Å². The zero-order chi connectivity index (χ0) is 56.1. The van der Waals surface area contributed by atoms with Crippen LogP contribution in [0.2, 0.25) is 10.0 Å². The highest BCUT2D eigenvalue weighted by molar-refractivity contribution is 6.32. The van der Waals surface area contributed by atoms with E-state index < -0.39 is 0 Å². The SMILES string of the molecule is CC[C@H]1OC(OC2CC[C@@]3(C)C(=CCC4C3CC[C@@]3(C)C4CC[C@@H]3/C(C)=N/Oc3cccc(Cl)c3)C2)C=C[C@@H]1C.CC[C@H]1OC(OC2CC[C@@]3(C)C(=CCC4C3CC[C@@]3(C)C4CC[C@@H]3/C(C)=N/Oc3ccccc3Cl)C2)C=C[C@@H]1C. The predicted octanol–water partition coefficient (Wildman–Crippen LogP) is 18.8. The van der Waals surface area contributed by atoms with Crippen LogP contribution in [0.5, 0.6) is 11.5 Å². The van der Waals surface area contributed by atoms with Crippen LogP contribution in [0.1, 0.15) is 185 Å². The second-order valence-electron chi connectivity index (χ2n) is 27.8. The number of rotatable bonds is 12. The molecule has 6 saturated carbocycles. The van der Waals surface area contributed by atoms with E-state index in [4.69, 9.17) is 51.8 Å². The Hall–Kier alpha value is -3.24. The van der Waals surface area contributed by atoms with Crippen LogP contribution in [0, 0.1) is 80.8 Å². The van der Waals surface area contributed by atoms with Gasteiger partial charge in [-0.3, -0.25) is 0 Å². The Balaban J connectivity index is 0.000000169. The lowest BCUT2D eigenvalue weighted by molar-refractivity contribution is -0.188. The van der Waals surface area contributed by atoms with Crippen molar-refractivity contribution in [2.24, 2.45) is 91.2 Å². The molecule has 0 amide bonds. The maximum atomic E-state index is 6.55. The summed E-state index contributed by atoms with van der Waals surface area (Å²) in [5.74, 6) is 7.83. The van der Waals surface area contributed by atoms with E-state index in [0.717, 1.165) is 85.5 Å². The van der Waals surface area contributed by atoms with E-state index in [0.29, 0.717) is 61.5 Å². The Kier molecular flexibility index (Phi) is 17.6. The fourth-order valence-electron chi connectivity index (χ4n) is 19.2.